The van der Waals surface area contributed by atoms with Crippen LogP contribution in [-0.4, -0.2) is 12.0 Å². The van der Waals surface area contributed by atoms with E-state index in [-0.39, 0.29) is 5.70 Å². The summed E-state index contributed by atoms with van der Waals surface area (Å²) in [6.07, 6.45) is -4.30. The molecule has 0 aliphatic rings. The zero-order valence-corrected chi connectivity index (χ0v) is 10.4. The molecule has 0 atom stereocenters. The summed E-state index contributed by atoms with van der Waals surface area (Å²) in [5.41, 5.74) is 0.742. The van der Waals surface area contributed by atoms with E-state index in [0.717, 1.165) is 4.47 Å². The SMILES string of the molecule is C/C(=C/C(=O)C(F)(F)F)Nc1ccc(Br)cc1. The van der Waals surface area contributed by atoms with Gasteiger partial charge in [-0.15, -0.1) is 0 Å². The van der Waals surface area contributed by atoms with Gasteiger partial charge < -0.3 is 5.32 Å². The summed E-state index contributed by atoms with van der Waals surface area (Å²) in [5.74, 6) is -1.88. The Kier molecular flexibility index (Phi) is 4.34. The first-order chi connectivity index (χ1) is 7.79. The molecule has 0 saturated carbocycles. The summed E-state index contributed by atoms with van der Waals surface area (Å²) in [6.45, 7) is 1.39. The van der Waals surface area contributed by atoms with Crippen LogP contribution < -0.4 is 5.32 Å². The Labute approximate surface area is 105 Å². The van der Waals surface area contributed by atoms with Gasteiger partial charge in [-0.1, -0.05) is 15.9 Å². The first-order valence-electron chi connectivity index (χ1n) is 4.61. The molecule has 2 nitrogen and oxygen atoms in total. The molecule has 1 N–H and O–H groups in total. The van der Waals surface area contributed by atoms with E-state index in [1.54, 1.807) is 24.3 Å². The molecule has 92 valence electrons. The number of benzene rings is 1. The van der Waals surface area contributed by atoms with Crippen molar-refractivity contribution in [3.8, 4) is 0 Å². The highest BCUT2D eigenvalue weighted by molar-refractivity contribution is 9.10. The number of anilines is 1. The number of halogens is 4. The van der Waals surface area contributed by atoms with Crippen molar-refractivity contribution >= 4 is 27.4 Å². The molecule has 0 aliphatic carbocycles. The molecule has 0 aliphatic heterocycles. The second-order valence-corrected chi connectivity index (χ2v) is 4.24. The Bertz CT molecular complexity index is 437. The minimum atomic E-state index is -4.83. The van der Waals surface area contributed by atoms with Crippen LogP contribution in [0.4, 0.5) is 18.9 Å². The lowest BCUT2D eigenvalue weighted by Crippen LogP contribution is -2.21. The predicted molar refractivity (Wildman–Crippen MR) is 62.6 cm³/mol. The molecule has 6 heteroatoms. The maximum atomic E-state index is 12.0. The van der Waals surface area contributed by atoms with Gasteiger partial charge in [0.15, 0.2) is 0 Å². The number of hydrogen-bond donors (Lipinski definition) is 1. The third-order valence-corrected chi connectivity index (χ3v) is 2.34. The van der Waals surface area contributed by atoms with E-state index in [1.165, 1.54) is 6.92 Å². The van der Waals surface area contributed by atoms with Gasteiger partial charge in [0.2, 0.25) is 0 Å². The van der Waals surface area contributed by atoms with Crippen molar-refractivity contribution in [3.63, 3.8) is 0 Å². The molecule has 0 aromatic heterocycles. The highest BCUT2D eigenvalue weighted by atomic mass is 79.9. The van der Waals surface area contributed by atoms with Crippen LogP contribution >= 0.6 is 15.9 Å². The standard InChI is InChI=1S/C11H9BrF3NO/c1-7(6-10(17)11(13,14)15)16-9-4-2-8(12)3-5-9/h2-6,16H,1H3/b7-6-. The van der Waals surface area contributed by atoms with Crippen molar-refractivity contribution < 1.29 is 18.0 Å². The maximum Gasteiger partial charge on any atom is 0.454 e. The zero-order valence-electron chi connectivity index (χ0n) is 8.81. The Morgan fingerprint density at radius 3 is 2.29 bits per heavy atom. The molecule has 0 unspecified atom stereocenters. The fraction of sp³-hybridized carbons (Fsp3) is 0.182. The first-order valence-corrected chi connectivity index (χ1v) is 5.40. The number of nitrogens with one attached hydrogen (secondary N) is 1. The Hall–Kier alpha value is -1.30. The molecule has 0 radical (unpaired) electrons. The third kappa shape index (κ3) is 4.60. The lowest BCUT2D eigenvalue weighted by Gasteiger charge is -2.07. The summed E-state index contributed by atoms with van der Waals surface area (Å²) in [4.78, 5) is 10.7. The number of carbonyl (C=O) groups is 1. The van der Waals surface area contributed by atoms with Crippen LogP contribution in [0.2, 0.25) is 0 Å². The van der Waals surface area contributed by atoms with Crippen molar-refractivity contribution in [2.75, 3.05) is 5.32 Å². The van der Waals surface area contributed by atoms with Gasteiger partial charge in [-0.25, -0.2) is 0 Å². The lowest BCUT2D eigenvalue weighted by molar-refractivity contribution is -0.165. The molecular formula is C11H9BrF3NO. The molecule has 1 aromatic rings. The number of rotatable bonds is 3. The lowest BCUT2D eigenvalue weighted by atomic mass is 10.2. The van der Waals surface area contributed by atoms with E-state index in [9.17, 15) is 18.0 Å². The molecular weight excluding hydrogens is 299 g/mol. The van der Waals surface area contributed by atoms with Crippen LogP contribution in [0.3, 0.4) is 0 Å². The average molecular weight is 308 g/mol. The minimum Gasteiger partial charge on any atom is -0.359 e. The monoisotopic (exact) mass is 307 g/mol. The third-order valence-electron chi connectivity index (χ3n) is 1.81. The van der Waals surface area contributed by atoms with Crippen molar-refractivity contribution in [1.29, 1.82) is 0 Å². The number of ketones is 1. The second-order valence-electron chi connectivity index (χ2n) is 3.32. The zero-order chi connectivity index (χ0) is 13.1. The Morgan fingerprint density at radius 1 is 1.29 bits per heavy atom. The Balaban J connectivity index is 2.72. The molecule has 0 bridgehead atoms. The molecule has 17 heavy (non-hydrogen) atoms. The van der Waals surface area contributed by atoms with Crippen LogP contribution in [0.15, 0.2) is 40.5 Å². The fourth-order valence-corrected chi connectivity index (χ4v) is 1.34. The van der Waals surface area contributed by atoms with Crippen LogP contribution in [0.25, 0.3) is 0 Å². The first kappa shape index (κ1) is 13.8. The summed E-state index contributed by atoms with van der Waals surface area (Å²) in [7, 11) is 0. The number of hydrogen-bond acceptors (Lipinski definition) is 2. The molecule has 0 fully saturated rings. The van der Waals surface area contributed by atoms with Crippen molar-refractivity contribution in [2.45, 2.75) is 13.1 Å². The van der Waals surface area contributed by atoms with Crippen LogP contribution in [0.5, 0.6) is 0 Å². The largest absolute Gasteiger partial charge is 0.454 e. The van der Waals surface area contributed by atoms with Gasteiger partial charge in [-0.3, -0.25) is 4.79 Å². The van der Waals surface area contributed by atoms with Gasteiger partial charge in [0, 0.05) is 21.9 Å². The normalized spacial score (nSPS) is 12.4. The number of allylic oxidation sites excluding steroid dienone is 2. The van der Waals surface area contributed by atoms with Gasteiger partial charge in [0.1, 0.15) is 0 Å². The molecule has 0 saturated heterocycles. The van der Waals surface area contributed by atoms with Gasteiger partial charge >= 0.3 is 6.18 Å². The summed E-state index contributed by atoms with van der Waals surface area (Å²) < 4.78 is 36.8. The molecule has 0 heterocycles. The fourth-order valence-electron chi connectivity index (χ4n) is 1.08. The van der Waals surface area contributed by atoms with Crippen molar-refractivity contribution in [2.24, 2.45) is 0 Å². The van der Waals surface area contributed by atoms with Crippen molar-refractivity contribution in [3.05, 3.63) is 40.5 Å². The topological polar surface area (TPSA) is 29.1 Å². The predicted octanol–water partition coefficient (Wildman–Crippen LogP) is 3.90. The summed E-state index contributed by atoms with van der Waals surface area (Å²) in [6, 6.07) is 6.83. The molecule has 0 spiro atoms. The van der Waals surface area contributed by atoms with Crippen LogP contribution in [0.1, 0.15) is 6.92 Å². The molecule has 0 amide bonds. The number of alkyl halides is 3. The van der Waals surface area contributed by atoms with Crippen LogP contribution in [0, 0.1) is 0 Å². The van der Waals surface area contributed by atoms with E-state index < -0.39 is 12.0 Å². The minimum absolute atomic E-state index is 0.134. The van der Waals surface area contributed by atoms with Gasteiger partial charge in [-0.2, -0.15) is 13.2 Å². The van der Waals surface area contributed by atoms with Crippen LogP contribution in [-0.2, 0) is 4.79 Å². The van der Waals surface area contributed by atoms with E-state index in [2.05, 4.69) is 21.2 Å². The number of carbonyl (C=O) groups excluding carboxylic acids is 1. The maximum absolute atomic E-state index is 12.0. The van der Waals surface area contributed by atoms with E-state index in [0.29, 0.717) is 11.8 Å². The quantitative estimate of drug-likeness (QED) is 0.858. The van der Waals surface area contributed by atoms with Gasteiger partial charge in [-0.05, 0) is 31.2 Å². The highest BCUT2D eigenvalue weighted by Gasteiger charge is 2.36. The molecule has 1 rings (SSSR count). The van der Waals surface area contributed by atoms with Gasteiger partial charge in [0.05, 0.1) is 0 Å². The van der Waals surface area contributed by atoms with E-state index >= 15 is 0 Å². The van der Waals surface area contributed by atoms with Gasteiger partial charge in [0.25, 0.3) is 5.78 Å². The second kappa shape index (κ2) is 5.35. The molecule has 1 aromatic carbocycles. The highest BCUT2D eigenvalue weighted by Crippen LogP contribution is 2.19. The average Bonchev–Trinajstić information content (AvgIpc) is 2.20. The van der Waals surface area contributed by atoms with E-state index in [1.807, 2.05) is 0 Å². The summed E-state index contributed by atoms with van der Waals surface area (Å²) in [5, 5.41) is 2.69. The van der Waals surface area contributed by atoms with E-state index in [4.69, 9.17) is 0 Å². The smallest absolute Gasteiger partial charge is 0.359 e. The van der Waals surface area contributed by atoms with Crippen molar-refractivity contribution in [1.82, 2.24) is 0 Å². The Morgan fingerprint density at radius 2 is 1.82 bits per heavy atom. The summed E-state index contributed by atoms with van der Waals surface area (Å²) >= 11 is 3.23.